The van der Waals surface area contributed by atoms with Gasteiger partial charge in [-0.15, -0.1) is 0 Å². The monoisotopic (exact) mass is 428 g/mol. The summed E-state index contributed by atoms with van der Waals surface area (Å²) in [5.41, 5.74) is 1.68. The maximum atomic E-state index is 13.8. The Kier molecular flexibility index (Phi) is 5.62. The van der Waals surface area contributed by atoms with E-state index >= 15 is 0 Å². The van der Waals surface area contributed by atoms with Crippen LogP contribution in [0.1, 0.15) is 20.3 Å². The molecule has 0 saturated carbocycles. The third kappa shape index (κ3) is 4.10. The van der Waals surface area contributed by atoms with Crippen molar-refractivity contribution in [2.24, 2.45) is 0 Å². The average molecular weight is 428 g/mol. The second-order valence-corrected chi connectivity index (χ2v) is 7.75. The molecule has 10 heteroatoms. The fourth-order valence-electron chi connectivity index (χ4n) is 3.71. The first-order chi connectivity index (χ1) is 14.9. The second kappa shape index (κ2) is 8.37. The molecule has 1 aliphatic rings. The molecule has 0 unspecified atom stereocenters. The summed E-state index contributed by atoms with van der Waals surface area (Å²) < 4.78 is 26.1. The number of aromatic nitrogens is 4. The van der Waals surface area contributed by atoms with Crippen LogP contribution < -0.4 is 9.64 Å². The van der Waals surface area contributed by atoms with E-state index in [2.05, 4.69) is 15.0 Å². The van der Waals surface area contributed by atoms with Crippen molar-refractivity contribution in [1.82, 2.24) is 24.5 Å². The fraction of sp³-hybridized carbons (Fsp3) is 0.429. The normalized spacial score (nSPS) is 16.2. The molecule has 4 heterocycles. The number of amides is 1. The van der Waals surface area contributed by atoms with Crippen molar-refractivity contribution in [2.45, 2.75) is 32.4 Å². The predicted octanol–water partition coefficient (Wildman–Crippen LogP) is 2.99. The number of pyridine rings is 1. The molecular weight excluding hydrogens is 403 g/mol. The van der Waals surface area contributed by atoms with E-state index in [1.54, 1.807) is 22.7 Å². The molecule has 0 aromatic carbocycles. The van der Waals surface area contributed by atoms with Gasteiger partial charge in [0.05, 0.1) is 42.8 Å². The number of carbonyl (C=O) groups is 1. The SMILES string of the molecule is COc1ncc(F)cc1-c1cnn2ccc(N3CC[C@H](N(C)C(=O)OC(C)C)C3)nc12. The number of methoxy groups -OCH3 is 1. The van der Waals surface area contributed by atoms with Gasteiger partial charge in [0.2, 0.25) is 5.88 Å². The van der Waals surface area contributed by atoms with Gasteiger partial charge in [-0.1, -0.05) is 0 Å². The van der Waals surface area contributed by atoms with Crippen molar-refractivity contribution in [3.63, 3.8) is 0 Å². The van der Waals surface area contributed by atoms with Gasteiger partial charge < -0.3 is 19.3 Å². The summed E-state index contributed by atoms with van der Waals surface area (Å²) >= 11 is 0. The van der Waals surface area contributed by atoms with Crippen LogP contribution in [0.15, 0.2) is 30.7 Å². The largest absolute Gasteiger partial charge is 0.481 e. The molecule has 31 heavy (non-hydrogen) atoms. The highest BCUT2D eigenvalue weighted by molar-refractivity contribution is 5.80. The van der Waals surface area contributed by atoms with Crippen LogP contribution in [0.25, 0.3) is 16.8 Å². The van der Waals surface area contributed by atoms with E-state index in [-0.39, 0.29) is 18.2 Å². The molecule has 164 valence electrons. The Labute approximate surface area is 179 Å². The summed E-state index contributed by atoms with van der Waals surface area (Å²) in [7, 11) is 3.24. The highest BCUT2D eigenvalue weighted by Gasteiger charge is 2.30. The molecule has 1 aliphatic heterocycles. The smallest absolute Gasteiger partial charge is 0.410 e. The van der Waals surface area contributed by atoms with Gasteiger partial charge >= 0.3 is 6.09 Å². The van der Waals surface area contributed by atoms with Gasteiger partial charge in [-0.05, 0) is 32.4 Å². The average Bonchev–Trinajstić information content (AvgIpc) is 3.39. The fourth-order valence-corrected chi connectivity index (χ4v) is 3.71. The first-order valence-electron chi connectivity index (χ1n) is 10.1. The quantitative estimate of drug-likeness (QED) is 0.618. The number of nitrogens with zero attached hydrogens (tertiary/aromatic N) is 6. The maximum Gasteiger partial charge on any atom is 0.410 e. The molecule has 9 nitrogen and oxygen atoms in total. The Morgan fingerprint density at radius 2 is 2.13 bits per heavy atom. The number of likely N-dealkylation sites (N-methyl/N-ethyl adjacent to an activating group) is 1. The van der Waals surface area contributed by atoms with Crippen LogP contribution in [-0.2, 0) is 4.74 Å². The van der Waals surface area contributed by atoms with Gasteiger partial charge in [0, 0.05) is 26.3 Å². The van der Waals surface area contributed by atoms with E-state index in [4.69, 9.17) is 14.5 Å². The first-order valence-corrected chi connectivity index (χ1v) is 10.1. The number of fused-ring (bicyclic) bond motifs is 1. The van der Waals surface area contributed by atoms with Crippen LogP contribution in [0.4, 0.5) is 15.0 Å². The van der Waals surface area contributed by atoms with Crippen LogP contribution in [0, 0.1) is 5.82 Å². The molecular formula is C21H25FN6O3. The summed E-state index contributed by atoms with van der Waals surface area (Å²) in [4.78, 5) is 24.8. The number of hydrogen-bond acceptors (Lipinski definition) is 7. The molecule has 1 saturated heterocycles. The molecule has 3 aromatic rings. The molecule has 4 rings (SSSR count). The van der Waals surface area contributed by atoms with Crippen molar-refractivity contribution in [3.05, 3.63) is 36.5 Å². The molecule has 0 bridgehead atoms. The lowest BCUT2D eigenvalue weighted by molar-refractivity contribution is 0.0748. The van der Waals surface area contributed by atoms with E-state index in [0.717, 1.165) is 25.0 Å². The molecule has 0 spiro atoms. The Morgan fingerprint density at radius 1 is 1.32 bits per heavy atom. The molecule has 1 fully saturated rings. The van der Waals surface area contributed by atoms with Gasteiger partial charge in [0.1, 0.15) is 11.6 Å². The van der Waals surface area contributed by atoms with Crippen LogP contribution in [-0.4, -0.2) is 70.0 Å². The van der Waals surface area contributed by atoms with Crippen molar-refractivity contribution < 1.29 is 18.7 Å². The Balaban J connectivity index is 1.60. The van der Waals surface area contributed by atoms with Crippen LogP contribution in [0.2, 0.25) is 0 Å². The molecule has 0 aliphatic carbocycles. The first kappa shape index (κ1) is 20.8. The zero-order valence-electron chi connectivity index (χ0n) is 17.9. The predicted molar refractivity (Wildman–Crippen MR) is 113 cm³/mol. The zero-order valence-corrected chi connectivity index (χ0v) is 17.9. The summed E-state index contributed by atoms with van der Waals surface area (Å²) in [6, 6.07) is 3.26. The summed E-state index contributed by atoms with van der Waals surface area (Å²) in [6.45, 7) is 5.05. The summed E-state index contributed by atoms with van der Waals surface area (Å²) in [5.74, 6) is 0.589. The van der Waals surface area contributed by atoms with Gasteiger partial charge in [-0.25, -0.2) is 23.7 Å². The topological polar surface area (TPSA) is 85.1 Å². The standard InChI is InChI=1S/C21H25FN6O3/c1-13(2)31-21(29)26(3)15-5-7-27(12-15)18-6-8-28-19(25-18)17(11-24-28)16-9-14(22)10-23-20(16)30-4/h6,8-11,13,15H,5,7,12H2,1-4H3/t15-/m0/s1. The van der Waals surface area contributed by atoms with E-state index in [1.807, 2.05) is 26.1 Å². The summed E-state index contributed by atoms with van der Waals surface area (Å²) in [5, 5.41) is 4.32. The lowest BCUT2D eigenvalue weighted by atomic mass is 10.1. The number of anilines is 1. The van der Waals surface area contributed by atoms with Gasteiger partial charge in [0.25, 0.3) is 0 Å². The van der Waals surface area contributed by atoms with E-state index in [9.17, 15) is 9.18 Å². The van der Waals surface area contributed by atoms with Crippen molar-refractivity contribution >= 4 is 17.6 Å². The minimum atomic E-state index is -0.468. The molecule has 0 radical (unpaired) electrons. The Bertz CT molecular complexity index is 1100. The minimum Gasteiger partial charge on any atom is -0.481 e. The zero-order chi connectivity index (χ0) is 22.1. The lowest BCUT2D eigenvalue weighted by Crippen LogP contribution is -2.40. The van der Waals surface area contributed by atoms with Crippen LogP contribution in [0.5, 0.6) is 5.88 Å². The molecule has 3 aromatic heterocycles. The Hall–Kier alpha value is -3.43. The number of hydrogen-bond donors (Lipinski definition) is 0. The summed E-state index contributed by atoms with van der Waals surface area (Å²) in [6.07, 6.45) is 4.86. The van der Waals surface area contributed by atoms with Crippen molar-refractivity contribution in [1.29, 1.82) is 0 Å². The molecule has 1 amide bonds. The van der Waals surface area contributed by atoms with E-state index in [0.29, 0.717) is 29.2 Å². The number of ether oxygens (including phenoxy) is 2. The lowest BCUT2D eigenvalue weighted by Gasteiger charge is -2.25. The minimum absolute atomic E-state index is 0.0289. The third-order valence-electron chi connectivity index (χ3n) is 5.32. The molecule has 1 atom stereocenters. The van der Waals surface area contributed by atoms with Crippen molar-refractivity contribution in [3.8, 4) is 17.0 Å². The maximum absolute atomic E-state index is 13.8. The van der Waals surface area contributed by atoms with E-state index < -0.39 is 5.82 Å². The Morgan fingerprint density at radius 3 is 2.87 bits per heavy atom. The van der Waals surface area contributed by atoms with Crippen LogP contribution >= 0.6 is 0 Å². The highest BCUT2D eigenvalue weighted by Crippen LogP contribution is 2.32. The van der Waals surface area contributed by atoms with Crippen LogP contribution in [0.3, 0.4) is 0 Å². The van der Waals surface area contributed by atoms with Gasteiger partial charge in [0.15, 0.2) is 5.65 Å². The second-order valence-electron chi connectivity index (χ2n) is 7.75. The number of carbonyl (C=O) groups excluding carboxylic acids is 1. The van der Waals surface area contributed by atoms with Gasteiger partial charge in [-0.2, -0.15) is 5.10 Å². The van der Waals surface area contributed by atoms with E-state index in [1.165, 1.54) is 13.2 Å². The number of halogens is 1. The molecule has 0 N–H and O–H groups in total. The highest BCUT2D eigenvalue weighted by atomic mass is 19.1. The number of rotatable bonds is 5. The van der Waals surface area contributed by atoms with Crippen molar-refractivity contribution in [2.75, 3.05) is 32.1 Å². The van der Waals surface area contributed by atoms with Gasteiger partial charge in [-0.3, -0.25) is 0 Å². The third-order valence-corrected chi connectivity index (χ3v) is 5.32.